The summed E-state index contributed by atoms with van der Waals surface area (Å²) in [6.45, 7) is 3.73. The summed E-state index contributed by atoms with van der Waals surface area (Å²) in [6, 6.07) is 4.43. The number of halogens is 2. The Labute approximate surface area is 93.2 Å². The van der Waals surface area contributed by atoms with Gasteiger partial charge in [0, 0.05) is 17.0 Å². The maximum Gasteiger partial charge on any atom is 0.264 e. The molecule has 0 aliphatic carbocycles. The minimum absolute atomic E-state index is 0.134. The first-order valence-corrected chi connectivity index (χ1v) is 5.10. The minimum atomic E-state index is -2.60. The molecule has 1 unspecified atom stereocenters. The van der Waals surface area contributed by atoms with Gasteiger partial charge in [0.2, 0.25) is 0 Å². The summed E-state index contributed by atoms with van der Waals surface area (Å²) in [6.07, 6.45) is -1.96. The molecule has 88 valence electrons. The van der Waals surface area contributed by atoms with E-state index in [1.165, 1.54) is 12.1 Å². The third-order valence-electron chi connectivity index (χ3n) is 2.29. The van der Waals surface area contributed by atoms with Crippen molar-refractivity contribution in [3.05, 3.63) is 29.3 Å². The van der Waals surface area contributed by atoms with E-state index < -0.39 is 12.3 Å². The van der Waals surface area contributed by atoms with E-state index in [1.807, 2.05) is 0 Å². The summed E-state index contributed by atoms with van der Waals surface area (Å²) in [5.41, 5.74) is 0.153. The van der Waals surface area contributed by atoms with E-state index in [0.29, 0.717) is 18.6 Å². The fraction of sp³-hybridized carbons (Fsp3) is 0.417. The Morgan fingerprint density at radius 3 is 2.62 bits per heavy atom. The topological polar surface area (TPSA) is 26.3 Å². The van der Waals surface area contributed by atoms with Crippen LogP contribution >= 0.6 is 0 Å². The zero-order valence-corrected chi connectivity index (χ0v) is 9.24. The molecule has 0 fully saturated rings. The molecule has 0 N–H and O–H groups in total. The van der Waals surface area contributed by atoms with Crippen LogP contribution in [0.2, 0.25) is 0 Å². The molecule has 0 heterocycles. The summed E-state index contributed by atoms with van der Waals surface area (Å²) in [7, 11) is 0. The fourth-order valence-electron chi connectivity index (χ4n) is 1.59. The summed E-state index contributed by atoms with van der Waals surface area (Å²) in [5.74, 6) is -0.230. The van der Waals surface area contributed by atoms with E-state index >= 15 is 0 Å². The van der Waals surface area contributed by atoms with Crippen LogP contribution in [0.1, 0.15) is 37.3 Å². The van der Waals surface area contributed by atoms with Gasteiger partial charge in [-0.25, -0.2) is 8.78 Å². The average Bonchev–Trinajstić information content (AvgIpc) is 2.28. The second kappa shape index (κ2) is 5.58. The number of carbonyl (C=O) groups is 1. The molecule has 4 heteroatoms. The Hall–Kier alpha value is -1.45. The molecule has 0 saturated heterocycles. The first-order chi connectivity index (χ1) is 7.61. The van der Waals surface area contributed by atoms with Crippen LogP contribution in [0.15, 0.2) is 18.2 Å². The SMILES string of the molecule is CCOc1cccc(C(F)F)c1C(C)C=O. The molecule has 0 saturated carbocycles. The van der Waals surface area contributed by atoms with Crippen molar-refractivity contribution < 1.29 is 18.3 Å². The molecule has 0 amide bonds. The molecule has 0 spiro atoms. The van der Waals surface area contributed by atoms with Crippen molar-refractivity contribution in [1.82, 2.24) is 0 Å². The van der Waals surface area contributed by atoms with Gasteiger partial charge in [0.05, 0.1) is 6.61 Å². The van der Waals surface area contributed by atoms with Crippen molar-refractivity contribution >= 4 is 6.29 Å². The molecule has 1 aromatic carbocycles. The Kier molecular flexibility index (Phi) is 4.40. The highest BCUT2D eigenvalue weighted by atomic mass is 19.3. The number of aldehydes is 1. The molecule has 0 radical (unpaired) electrons. The molecular weight excluding hydrogens is 214 g/mol. The normalized spacial score (nSPS) is 12.6. The van der Waals surface area contributed by atoms with Gasteiger partial charge < -0.3 is 9.53 Å². The lowest BCUT2D eigenvalue weighted by Crippen LogP contribution is -2.05. The minimum Gasteiger partial charge on any atom is -0.494 e. The van der Waals surface area contributed by atoms with Crippen LogP contribution in [-0.4, -0.2) is 12.9 Å². The summed E-state index contributed by atoms with van der Waals surface area (Å²) < 4.78 is 30.8. The molecule has 0 aliphatic heterocycles. The molecule has 0 aliphatic rings. The number of rotatable bonds is 5. The lowest BCUT2D eigenvalue weighted by molar-refractivity contribution is -0.108. The summed E-state index contributed by atoms with van der Waals surface area (Å²) >= 11 is 0. The lowest BCUT2D eigenvalue weighted by atomic mass is 9.96. The zero-order valence-electron chi connectivity index (χ0n) is 9.24. The van der Waals surface area contributed by atoms with Crippen molar-refractivity contribution in [2.75, 3.05) is 6.61 Å². The van der Waals surface area contributed by atoms with Gasteiger partial charge in [-0.1, -0.05) is 19.1 Å². The van der Waals surface area contributed by atoms with E-state index in [1.54, 1.807) is 19.9 Å². The van der Waals surface area contributed by atoms with Crippen LogP contribution in [0.25, 0.3) is 0 Å². The van der Waals surface area contributed by atoms with Crippen molar-refractivity contribution in [3.63, 3.8) is 0 Å². The predicted octanol–water partition coefficient (Wildman–Crippen LogP) is 3.33. The van der Waals surface area contributed by atoms with Gasteiger partial charge >= 0.3 is 0 Å². The van der Waals surface area contributed by atoms with Gasteiger partial charge in [0.1, 0.15) is 12.0 Å². The first-order valence-electron chi connectivity index (χ1n) is 5.10. The molecule has 0 aromatic heterocycles. The number of benzene rings is 1. The Balaban J connectivity index is 3.28. The summed E-state index contributed by atoms with van der Waals surface area (Å²) in [5, 5.41) is 0. The quantitative estimate of drug-likeness (QED) is 0.722. The van der Waals surface area contributed by atoms with Crippen LogP contribution in [-0.2, 0) is 4.79 Å². The monoisotopic (exact) mass is 228 g/mol. The standard InChI is InChI=1S/C12H14F2O2/c1-3-16-10-6-4-5-9(12(13)14)11(10)8(2)7-15/h4-8,12H,3H2,1-2H3. The van der Waals surface area contributed by atoms with Crippen LogP contribution in [0.3, 0.4) is 0 Å². The van der Waals surface area contributed by atoms with Gasteiger partial charge in [0.25, 0.3) is 6.43 Å². The van der Waals surface area contributed by atoms with E-state index in [0.717, 1.165) is 0 Å². The van der Waals surface area contributed by atoms with Crippen LogP contribution in [0.4, 0.5) is 8.78 Å². The van der Waals surface area contributed by atoms with Gasteiger partial charge in [-0.15, -0.1) is 0 Å². The molecule has 1 atom stereocenters. The van der Waals surface area contributed by atoms with Crippen LogP contribution in [0, 0.1) is 0 Å². The van der Waals surface area contributed by atoms with Crippen LogP contribution in [0.5, 0.6) is 5.75 Å². The molecule has 0 bridgehead atoms. The van der Waals surface area contributed by atoms with E-state index in [-0.39, 0.29) is 11.1 Å². The third kappa shape index (κ3) is 2.56. The Bertz CT molecular complexity index is 364. The van der Waals surface area contributed by atoms with Crippen molar-refractivity contribution in [2.24, 2.45) is 0 Å². The highest BCUT2D eigenvalue weighted by Crippen LogP contribution is 2.34. The van der Waals surface area contributed by atoms with Crippen molar-refractivity contribution in [2.45, 2.75) is 26.2 Å². The van der Waals surface area contributed by atoms with Gasteiger partial charge in [-0.3, -0.25) is 0 Å². The predicted molar refractivity (Wildman–Crippen MR) is 57.0 cm³/mol. The van der Waals surface area contributed by atoms with Crippen LogP contribution < -0.4 is 4.74 Å². The number of carbonyl (C=O) groups excluding carboxylic acids is 1. The second-order valence-electron chi connectivity index (χ2n) is 3.42. The van der Waals surface area contributed by atoms with E-state index in [2.05, 4.69) is 0 Å². The largest absolute Gasteiger partial charge is 0.494 e. The zero-order chi connectivity index (χ0) is 12.1. The van der Waals surface area contributed by atoms with E-state index in [9.17, 15) is 13.6 Å². The number of hydrogen-bond donors (Lipinski definition) is 0. The van der Waals surface area contributed by atoms with Gasteiger partial charge in [-0.05, 0) is 13.0 Å². The molecule has 1 aromatic rings. The fourth-order valence-corrected chi connectivity index (χ4v) is 1.59. The molecular formula is C12H14F2O2. The van der Waals surface area contributed by atoms with Gasteiger partial charge in [-0.2, -0.15) is 0 Å². The smallest absolute Gasteiger partial charge is 0.264 e. The third-order valence-corrected chi connectivity index (χ3v) is 2.29. The highest BCUT2D eigenvalue weighted by molar-refractivity contribution is 5.65. The van der Waals surface area contributed by atoms with Gasteiger partial charge in [0.15, 0.2) is 0 Å². The second-order valence-corrected chi connectivity index (χ2v) is 3.42. The average molecular weight is 228 g/mol. The van der Waals surface area contributed by atoms with Crippen molar-refractivity contribution in [1.29, 1.82) is 0 Å². The van der Waals surface area contributed by atoms with Crippen molar-refractivity contribution in [3.8, 4) is 5.75 Å². The molecule has 1 rings (SSSR count). The Morgan fingerprint density at radius 2 is 2.12 bits per heavy atom. The lowest BCUT2D eigenvalue weighted by Gasteiger charge is -2.16. The van der Waals surface area contributed by atoms with E-state index in [4.69, 9.17) is 4.74 Å². The molecule has 2 nitrogen and oxygen atoms in total. The highest BCUT2D eigenvalue weighted by Gasteiger charge is 2.21. The first kappa shape index (κ1) is 12.6. The summed E-state index contributed by atoms with van der Waals surface area (Å²) in [4.78, 5) is 10.7. The number of alkyl halides is 2. The number of hydrogen-bond acceptors (Lipinski definition) is 2. The molecule has 16 heavy (non-hydrogen) atoms. The maximum absolute atomic E-state index is 12.8. The Morgan fingerprint density at radius 1 is 1.44 bits per heavy atom. The number of ether oxygens (including phenoxy) is 1. The maximum atomic E-state index is 12.8.